The summed E-state index contributed by atoms with van der Waals surface area (Å²) >= 11 is 0. The monoisotopic (exact) mass is 392 g/mol. The van der Waals surface area contributed by atoms with Crippen LogP contribution >= 0.6 is 0 Å². The maximum atomic E-state index is 9.51. The van der Waals surface area contributed by atoms with Crippen molar-refractivity contribution in [2.45, 2.75) is 18.9 Å². The second-order valence-corrected chi connectivity index (χ2v) is 7.04. The Bertz CT molecular complexity index is 936. The summed E-state index contributed by atoms with van der Waals surface area (Å²) in [6.07, 6.45) is 2.23. The van der Waals surface area contributed by atoms with Crippen molar-refractivity contribution >= 4 is 5.69 Å². The first-order chi connectivity index (χ1) is 14.2. The van der Waals surface area contributed by atoms with Crippen LogP contribution in [0.15, 0.2) is 66.7 Å². The average Bonchev–Trinajstić information content (AvgIpc) is 2.74. The van der Waals surface area contributed by atoms with Crippen LogP contribution < -0.4 is 20.1 Å². The normalized spacial score (nSPS) is 16.2. The molecule has 0 bridgehead atoms. The van der Waals surface area contributed by atoms with Crippen LogP contribution in [0.5, 0.6) is 34.5 Å². The number of hydrogen-bond acceptors (Lipinski definition) is 6. The number of rotatable bonds is 6. The molecular weight excluding hydrogens is 368 g/mol. The lowest BCUT2D eigenvalue weighted by Crippen LogP contribution is -2.38. The molecule has 0 spiro atoms. The van der Waals surface area contributed by atoms with Crippen LogP contribution in [-0.4, -0.2) is 29.3 Å². The number of phenolic OH excluding ortho intramolecular Hbond substituents is 2. The maximum absolute atomic E-state index is 9.51. The van der Waals surface area contributed by atoms with Crippen molar-refractivity contribution in [3.05, 3.63) is 66.7 Å². The number of benzene rings is 3. The minimum Gasteiger partial charge on any atom is -0.508 e. The summed E-state index contributed by atoms with van der Waals surface area (Å²) in [5, 5.41) is 25.9. The minimum atomic E-state index is 0.188. The Morgan fingerprint density at radius 3 is 2.03 bits per heavy atom. The van der Waals surface area contributed by atoms with E-state index in [2.05, 4.69) is 10.6 Å². The Hall–Kier alpha value is -3.38. The minimum absolute atomic E-state index is 0.188. The molecule has 1 atom stereocenters. The molecule has 150 valence electrons. The molecular formula is C23H24N2O4. The van der Waals surface area contributed by atoms with E-state index in [9.17, 15) is 10.2 Å². The highest BCUT2D eigenvalue weighted by atomic mass is 16.5. The fourth-order valence-electron chi connectivity index (χ4n) is 3.26. The average molecular weight is 392 g/mol. The van der Waals surface area contributed by atoms with Crippen LogP contribution in [0, 0.1) is 0 Å². The predicted molar refractivity (Wildman–Crippen MR) is 112 cm³/mol. The highest BCUT2D eigenvalue weighted by Gasteiger charge is 2.16. The van der Waals surface area contributed by atoms with E-state index in [0.717, 1.165) is 31.6 Å². The number of nitrogens with one attached hydrogen (secondary N) is 2. The van der Waals surface area contributed by atoms with Gasteiger partial charge < -0.3 is 30.3 Å². The number of phenols is 2. The van der Waals surface area contributed by atoms with Gasteiger partial charge in [-0.25, -0.2) is 0 Å². The van der Waals surface area contributed by atoms with Gasteiger partial charge in [0.1, 0.15) is 28.7 Å². The summed E-state index contributed by atoms with van der Waals surface area (Å²) in [6.45, 7) is 1.96. The Morgan fingerprint density at radius 1 is 0.793 bits per heavy atom. The summed E-state index contributed by atoms with van der Waals surface area (Å²) in [4.78, 5) is 0. The fraction of sp³-hybridized carbons (Fsp3) is 0.217. The van der Waals surface area contributed by atoms with Gasteiger partial charge in [-0.2, -0.15) is 0 Å². The van der Waals surface area contributed by atoms with Crippen molar-refractivity contribution in [2.75, 3.05) is 18.4 Å². The number of ether oxygens (including phenoxy) is 2. The van der Waals surface area contributed by atoms with E-state index >= 15 is 0 Å². The number of piperidine rings is 1. The Labute approximate surface area is 169 Å². The van der Waals surface area contributed by atoms with Gasteiger partial charge in [-0.15, -0.1) is 0 Å². The lowest BCUT2D eigenvalue weighted by molar-refractivity contribution is 0.449. The van der Waals surface area contributed by atoms with Crippen LogP contribution in [0.2, 0.25) is 0 Å². The van der Waals surface area contributed by atoms with E-state index in [0.29, 0.717) is 29.0 Å². The molecule has 0 amide bonds. The summed E-state index contributed by atoms with van der Waals surface area (Å²) in [7, 11) is 0. The van der Waals surface area contributed by atoms with E-state index in [1.807, 2.05) is 18.2 Å². The Kier molecular flexibility index (Phi) is 5.72. The van der Waals surface area contributed by atoms with E-state index < -0.39 is 0 Å². The molecule has 4 N–H and O–H groups in total. The first-order valence-corrected chi connectivity index (χ1v) is 9.71. The second kappa shape index (κ2) is 8.75. The third-order valence-electron chi connectivity index (χ3n) is 4.75. The van der Waals surface area contributed by atoms with E-state index in [1.165, 1.54) is 0 Å². The van der Waals surface area contributed by atoms with Gasteiger partial charge in [0, 0.05) is 18.7 Å². The number of aromatic hydroxyl groups is 2. The van der Waals surface area contributed by atoms with Gasteiger partial charge in [0.2, 0.25) is 0 Å². The van der Waals surface area contributed by atoms with Gasteiger partial charge in [0.15, 0.2) is 5.75 Å². The zero-order valence-corrected chi connectivity index (χ0v) is 16.0. The third kappa shape index (κ3) is 5.12. The lowest BCUT2D eigenvalue weighted by atomic mass is 10.1. The molecule has 0 radical (unpaired) electrons. The molecule has 3 aromatic carbocycles. The molecule has 6 nitrogen and oxygen atoms in total. The smallest absolute Gasteiger partial charge is 0.154 e. The van der Waals surface area contributed by atoms with Gasteiger partial charge >= 0.3 is 0 Å². The van der Waals surface area contributed by atoms with Crippen molar-refractivity contribution in [3.63, 3.8) is 0 Å². The number of anilines is 1. The molecule has 4 rings (SSSR count). The lowest BCUT2D eigenvalue weighted by Gasteiger charge is -2.26. The molecule has 1 aliphatic heterocycles. The highest BCUT2D eigenvalue weighted by Crippen LogP contribution is 2.36. The molecule has 0 saturated carbocycles. The first-order valence-electron chi connectivity index (χ1n) is 9.71. The molecule has 1 heterocycles. The van der Waals surface area contributed by atoms with Crippen molar-refractivity contribution in [1.29, 1.82) is 0 Å². The molecule has 6 heteroatoms. The van der Waals surface area contributed by atoms with Crippen molar-refractivity contribution < 1.29 is 19.7 Å². The zero-order chi connectivity index (χ0) is 20.1. The second-order valence-electron chi connectivity index (χ2n) is 7.04. The molecule has 0 aliphatic carbocycles. The topological polar surface area (TPSA) is 83.0 Å². The molecule has 1 unspecified atom stereocenters. The summed E-state index contributed by atoms with van der Waals surface area (Å²) in [6, 6.07) is 19.2. The number of hydrogen-bond donors (Lipinski definition) is 4. The Morgan fingerprint density at radius 2 is 1.41 bits per heavy atom. The largest absolute Gasteiger partial charge is 0.508 e. The summed E-state index contributed by atoms with van der Waals surface area (Å²) in [5.74, 6) is 2.88. The van der Waals surface area contributed by atoms with Gasteiger partial charge in [-0.3, -0.25) is 0 Å². The SMILES string of the molecule is Oc1ccc(Oc2ccc(NC3CCCNC3)c(Oc3ccc(O)cc3)c2)cc1. The van der Waals surface area contributed by atoms with E-state index in [1.54, 1.807) is 48.5 Å². The summed E-state index contributed by atoms with van der Waals surface area (Å²) < 4.78 is 12.0. The van der Waals surface area contributed by atoms with Crippen LogP contribution in [0.25, 0.3) is 0 Å². The Balaban J connectivity index is 1.58. The zero-order valence-electron chi connectivity index (χ0n) is 16.0. The van der Waals surface area contributed by atoms with Gasteiger partial charge in [0.05, 0.1) is 5.69 Å². The summed E-state index contributed by atoms with van der Waals surface area (Å²) in [5.41, 5.74) is 0.879. The molecule has 3 aromatic rings. The predicted octanol–water partition coefficient (Wildman–Crippen LogP) is 4.85. The van der Waals surface area contributed by atoms with Crippen LogP contribution in [0.4, 0.5) is 5.69 Å². The molecule has 29 heavy (non-hydrogen) atoms. The molecule has 0 aromatic heterocycles. The quantitative estimate of drug-likeness (QED) is 0.480. The van der Waals surface area contributed by atoms with Gasteiger partial charge in [-0.1, -0.05) is 0 Å². The van der Waals surface area contributed by atoms with Crippen LogP contribution in [-0.2, 0) is 0 Å². The highest BCUT2D eigenvalue weighted by molar-refractivity contribution is 5.61. The maximum Gasteiger partial charge on any atom is 0.154 e. The fourth-order valence-corrected chi connectivity index (χ4v) is 3.26. The third-order valence-corrected chi connectivity index (χ3v) is 4.75. The van der Waals surface area contributed by atoms with Crippen molar-refractivity contribution in [1.82, 2.24) is 5.32 Å². The van der Waals surface area contributed by atoms with Crippen molar-refractivity contribution in [2.24, 2.45) is 0 Å². The molecule has 1 aliphatic rings. The molecule has 1 fully saturated rings. The van der Waals surface area contributed by atoms with Crippen molar-refractivity contribution in [3.8, 4) is 34.5 Å². The standard InChI is InChI=1S/C23H24N2O4/c26-17-3-7-19(8-4-17)28-21-11-12-22(25-16-2-1-13-24-15-16)23(14-21)29-20-9-5-18(27)6-10-20/h3-12,14,16,24-27H,1-2,13,15H2. The van der Waals surface area contributed by atoms with E-state index in [4.69, 9.17) is 9.47 Å². The van der Waals surface area contributed by atoms with E-state index in [-0.39, 0.29) is 11.5 Å². The van der Waals surface area contributed by atoms with Crippen LogP contribution in [0.1, 0.15) is 12.8 Å². The van der Waals surface area contributed by atoms with Gasteiger partial charge in [0.25, 0.3) is 0 Å². The van der Waals surface area contributed by atoms with Gasteiger partial charge in [-0.05, 0) is 80.1 Å². The first kappa shape index (κ1) is 19.0. The van der Waals surface area contributed by atoms with Crippen LogP contribution in [0.3, 0.4) is 0 Å². The molecule has 1 saturated heterocycles.